The highest BCUT2D eigenvalue weighted by atomic mass is 16.5. The molecule has 1 aromatic carbocycles. The third-order valence-corrected chi connectivity index (χ3v) is 2.60. The van der Waals surface area contributed by atoms with Gasteiger partial charge in [-0.05, 0) is 51.0 Å². The molecule has 2 aromatic rings. The molecule has 0 fully saturated rings. The lowest BCUT2D eigenvalue weighted by Gasteiger charge is -2.11. The van der Waals surface area contributed by atoms with Crippen LogP contribution >= 0.6 is 0 Å². The fourth-order valence-corrected chi connectivity index (χ4v) is 1.74. The number of hydrogen-bond acceptors (Lipinski definition) is 5. The lowest BCUT2D eigenvalue weighted by Crippen LogP contribution is -2.30. The van der Waals surface area contributed by atoms with Crippen molar-refractivity contribution < 1.29 is 9.26 Å². The topological polar surface area (TPSA) is 74.2 Å². The average molecular weight is 261 g/mol. The van der Waals surface area contributed by atoms with Gasteiger partial charge in [-0.25, -0.2) is 0 Å². The Bertz CT molecular complexity index is 550. The third-order valence-electron chi connectivity index (χ3n) is 2.60. The van der Waals surface area contributed by atoms with E-state index in [0.717, 1.165) is 16.9 Å². The van der Waals surface area contributed by atoms with Crippen LogP contribution in [0.15, 0.2) is 22.7 Å². The summed E-state index contributed by atoms with van der Waals surface area (Å²) in [5.74, 6) is 1.70. The molecule has 1 heterocycles. The molecule has 5 heteroatoms. The molecule has 19 heavy (non-hydrogen) atoms. The van der Waals surface area contributed by atoms with Crippen molar-refractivity contribution in [2.45, 2.75) is 39.8 Å². The molecular weight excluding hydrogens is 242 g/mol. The van der Waals surface area contributed by atoms with Crippen LogP contribution in [0.3, 0.4) is 0 Å². The van der Waals surface area contributed by atoms with E-state index >= 15 is 0 Å². The highest BCUT2D eigenvalue weighted by molar-refractivity contribution is 5.32. The molecule has 2 N–H and O–H groups in total. The Hall–Kier alpha value is -1.88. The Morgan fingerprint density at radius 3 is 2.37 bits per heavy atom. The van der Waals surface area contributed by atoms with Crippen LogP contribution in [0.5, 0.6) is 5.75 Å². The molecule has 0 spiro atoms. The quantitative estimate of drug-likeness (QED) is 0.915. The first-order valence-electron chi connectivity index (χ1n) is 6.17. The molecule has 1 aromatic heterocycles. The van der Waals surface area contributed by atoms with E-state index in [1.54, 1.807) is 0 Å². The van der Waals surface area contributed by atoms with E-state index in [2.05, 4.69) is 16.2 Å². The monoisotopic (exact) mass is 261 g/mol. The largest absolute Gasteiger partial charge is 0.484 e. The first-order chi connectivity index (χ1) is 8.84. The summed E-state index contributed by atoms with van der Waals surface area (Å²) in [6.45, 7) is 7.95. The van der Waals surface area contributed by atoms with Gasteiger partial charge in [-0.15, -0.1) is 0 Å². The molecule has 0 aliphatic carbocycles. The molecule has 0 radical (unpaired) electrons. The van der Waals surface area contributed by atoms with Crippen LogP contribution in [0.1, 0.15) is 36.7 Å². The van der Waals surface area contributed by atoms with Crippen molar-refractivity contribution in [2.24, 2.45) is 5.73 Å². The van der Waals surface area contributed by atoms with Crippen molar-refractivity contribution in [3.05, 3.63) is 41.0 Å². The second kappa shape index (κ2) is 5.01. The molecule has 0 aliphatic rings. The molecule has 2 rings (SSSR count). The summed E-state index contributed by atoms with van der Waals surface area (Å²) in [6.07, 6.45) is 0. The summed E-state index contributed by atoms with van der Waals surface area (Å²) < 4.78 is 10.7. The maximum Gasteiger partial charge on any atom is 0.264 e. The van der Waals surface area contributed by atoms with Crippen LogP contribution in [-0.4, -0.2) is 10.1 Å². The summed E-state index contributed by atoms with van der Waals surface area (Å²) in [4.78, 5) is 4.21. The Balaban J connectivity index is 2.04. The van der Waals surface area contributed by atoms with Gasteiger partial charge in [0.15, 0.2) is 12.4 Å². The second-order valence-corrected chi connectivity index (χ2v) is 5.35. The maximum atomic E-state index is 5.89. The van der Waals surface area contributed by atoms with E-state index < -0.39 is 5.54 Å². The van der Waals surface area contributed by atoms with Gasteiger partial charge in [0.05, 0.1) is 5.54 Å². The van der Waals surface area contributed by atoms with Crippen molar-refractivity contribution >= 4 is 0 Å². The fraction of sp³-hybridized carbons (Fsp3) is 0.429. The molecule has 0 atom stereocenters. The van der Waals surface area contributed by atoms with Crippen LogP contribution in [-0.2, 0) is 12.1 Å². The number of hydrogen-bond donors (Lipinski definition) is 1. The minimum Gasteiger partial charge on any atom is -0.484 e. The van der Waals surface area contributed by atoms with Crippen molar-refractivity contribution in [1.82, 2.24) is 10.1 Å². The summed E-state index contributed by atoms with van der Waals surface area (Å²) in [5, 5.41) is 3.84. The number of ether oxygens (including phenoxy) is 1. The third kappa shape index (κ3) is 3.54. The zero-order valence-electron chi connectivity index (χ0n) is 11.7. The van der Waals surface area contributed by atoms with Crippen LogP contribution in [0.4, 0.5) is 0 Å². The predicted octanol–water partition coefficient (Wildman–Crippen LogP) is 2.46. The minimum atomic E-state index is -0.609. The zero-order chi connectivity index (χ0) is 14.0. The van der Waals surface area contributed by atoms with Gasteiger partial charge >= 0.3 is 0 Å². The number of rotatable bonds is 4. The lowest BCUT2D eigenvalue weighted by atomic mass is 10.1. The van der Waals surface area contributed by atoms with E-state index in [0.29, 0.717) is 11.7 Å². The van der Waals surface area contributed by atoms with Gasteiger partial charge in [-0.1, -0.05) is 11.2 Å². The molecule has 0 unspecified atom stereocenters. The normalized spacial score (nSPS) is 11.6. The summed E-state index contributed by atoms with van der Waals surface area (Å²) in [7, 11) is 0. The summed E-state index contributed by atoms with van der Waals surface area (Å²) in [5.41, 5.74) is 7.60. The number of nitrogens with two attached hydrogens (primary N) is 1. The zero-order valence-corrected chi connectivity index (χ0v) is 11.7. The van der Waals surface area contributed by atoms with Gasteiger partial charge in [0.1, 0.15) is 5.75 Å². The molecular formula is C14H19N3O2. The van der Waals surface area contributed by atoms with Crippen LogP contribution in [0, 0.1) is 13.8 Å². The van der Waals surface area contributed by atoms with E-state index in [-0.39, 0.29) is 6.61 Å². The highest BCUT2D eigenvalue weighted by Gasteiger charge is 2.21. The van der Waals surface area contributed by atoms with Gasteiger partial charge in [0, 0.05) is 0 Å². The SMILES string of the molecule is Cc1cc(C)cc(OCc2nc(C(C)(C)N)no2)c1. The fourth-order valence-electron chi connectivity index (χ4n) is 1.74. The van der Waals surface area contributed by atoms with E-state index in [9.17, 15) is 0 Å². The van der Waals surface area contributed by atoms with Gasteiger partial charge < -0.3 is 15.0 Å². The smallest absolute Gasteiger partial charge is 0.264 e. The Morgan fingerprint density at radius 1 is 1.21 bits per heavy atom. The molecule has 0 saturated carbocycles. The molecule has 0 bridgehead atoms. The van der Waals surface area contributed by atoms with Crippen LogP contribution in [0.25, 0.3) is 0 Å². The van der Waals surface area contributed by atoms with Crippen molar-refractivity contribution in [3.8, 4) is 5.75 Å². The molecule has 5 nitrogen and oxygen atoms in total. The van der Waals surface area contributed by atoms with Gasteiger partial charge in [0.25, 0.3) is 5.89 Å². The number of nitrogens with zero attached hydrogens (tertiary/aromatic N) is 2. The minimum absolute atomic E-state index is 0.242. The van der Waals surface area contributed by atoms with Gasteiger partial charge in [-0.3, -0.25) is 0 Å². The van der Waals surface area contributed by atoms with E-state index in [4.69, 9.17) is 15.0 Å². The first kappa shape index (κ1) is 13.5. The maximum absolute atomic E-state index is 5.89. The molecule has 0 amide bonds. The Labute approximate surface area is 112 Å². The van der Waals surface area contributed by atoms with Crippen LogP contribution < -0.4 is 10.5 Å². The van der Waals surface area contributed by atoms with Gasteiger partial charge in [0.2, 0.25) is 0 Å². The summed E-state index contributed by atoms with van der Waals surface area (Å²) in [6, 6.07) is 6.03. The number of aryl methyl sites for hydroxylation is 2. The number of aromatic nitrogens is 2. The predicted molar refractivity (Wildman–Crippen MR) is 71.8 cm³/mol. The molecule has 0 aliphatic heterocycles. The van der Waals surface area contributed by atoms with Crippen molar-refractivity contribution in [2.75, 3.05) is 0 Å². The van der Waals surface area contributed by atoms with Gasteiger partial charge in [-0.2, -0.15) is 4.98 Å². The van der Waals surface area contributed by atoms with Crippen molar-refractivity contribution in [3.63, 3.8) is 0 Å². The number of benzene rings is 1. The Kier molecular flexibility index (Phi) is 3.57. The first-order valence-corrected chi connectivity index (χ1v) is 6.17. The van der Waals surface area contributed by atoms with Crippen molar-refractivity contribution in [1.29, 1.82) is 0 Å². The molecule has 102 valence electrons. The molecule has 0 saturated heterocycles. The summed E-state index contributed by atoms with van der Waals surface area (Å²) >= 11 is 0. The second-order valence-electron chi connectivity index (χ2n) is 5.35. The highest BCUT2D eigenvalue weighted by Crippen LogP contribution is 2.18. The van der Waals surface area contributed by atoms with Crippen LogP contribution in [0.2, 0.25) is 0 Å². The van der Waals surface area contributed by atoms with E-state index in [1.807, 2.05) is 39.8 Å². The average Bonchev–Trinajstić information content (AvgIpc) is 2.73. The van der Waals surface area contributed by atoms with E-state index in [1.165, 1.54) is 0 Å². The standard InChI is InChI=1S/C14H19N3O2/c1-9-5-10(2)7-11(6-9)18-8-12-16-13(17-19-12)14(3,4)15/h5-7H,8,15H2,1-4H3. The Morgan fingerprint density at radius 2 is 1.84 bits per heavy atom. The lowest BCUT2D eigenvalue weighted by molar-refractivity contribution is 0.241.